The Morgan fingerprint density at radius 1 is 1.32 bits per heavy atom. The van der Waals surface area contributed by atoms with Gasteiger partial charge in [0.15, 0.2) is 6.17 Å². The molecule has 6 nitrogen and oxygen atoms in total. The Kier molecular flexibility index (Phi) is 4.73. The number of para-hydroxylation sites is 1. The topological polar surface area (TPSA) is 70.7 Å². The fraction of sp³-hybridized carbons (Fsp3) is 0.579. The van der Waals surface area contributed by atoms with Crippen LogP contribution in [0.3, 0.4) is 0 Å². The van der Waals surface area contributed by atoms with Crippen LogP contribution >= 0.6 is 0 Å². The lowest BCUT2D eigenvalue weighted by atomic mass is 9.99. The van der Waals surface area contributed by atoms with Crippen LogP contribution in [0.15, 0.2) is 24.3 Å². The van der Waals surface area contributed by atoms with Crippen LogP contribution in [-0.4, -0.2) is 30.8 Å². The van der Waals surface area contributed by atoms with E-state index in [9.17, 15) is 9.59 Å². The van der Waals surface area contributed by atoms with Crippen molar-refractivity contribution in [2.75, 3.05) is 11.9 Å². The molecule has 1 aliphatic heterocycles. The van der Waals surface area contributed by atoms with Crippen LogP contribution in [-0.2, 0) is 9.53 Å². The monoisotopic (exact) mass is 345 g/mol. The molecule has 0 bridgehead atoms. The van der Waals surface area contributed by atoms with Crippen LogP contribution in [0.5, 0.6) is 0 Å². The van der Waals surface area contributed by atoms with Crippen molar-refractivity contribution in [2.45, 2.75) is 57.8 Å². The molecule has 1 saturated carbocycles. The number of alkyl carbamates (subject to hydrolysis) is 1. The maximum absolute atomic E-state index is 12.8. The van der Waals surface area contributed by atoms with Gasteiger partial charge in [0.1, 0.15) is 5.60 Å². The summed E-state index contributed by atoms with van der Waals surface area (Å²) in [5.74, 6) is 0.489. The number of rotatable bonds is 3. The molecule has 25 heavy (non-hydrogen) atoms. The van der Waals surface area contributed by atoms with E-state index < -0.39 is 17.9 Å². The van der Waals surface area contributed by atoms with Crippen LogP contribution in [0, 0.1) is 5.92 Å². The lowest BCUT2D eigenvalue weighted by Crippen LogP contribution is -2.55. The second kappa shape index (κ2) is 6.67. The molecule has 1 aliphatic carbocycles. The number of hydrogen-bond donors (Lipinski definition) is 2. The van der Waals surface area contributed by atoms with Gasteiger partial charge in [-0.3, -0.25) is 15.4 Å². The van der Waals surface area contributed by atoms with Crippen molar-refractivity contribution in [3.63, 3.8) is 0 Å². The summed E-state index contributed by atoms with van der Waals surface area (Å²) in [6.07, 6.45) is 2.02. The summed E-state index contributed by atoms with van der Waals surface area (Å²) in [6.45, 7) is 5.40. The molecule has 1 aromatic carbocycles. The molecule has 2 amide bonds. The van der Waals surface area contributed by atoms with Gasteiger partial charge in [-0.2, -0.15) is 0 Å². The third-order valence-electron chi connectivity index (χ3n) is 4.55. The SMILES string of the molecule is CN1C(=O)C(NC(=O)OC(C)(C)C)NC(CC2CC2)c2ccccc21. The normalized spacial score (nSPS) is 23.7. The fourth-order valence-corrected chi connectivity index (χ4v) is 3.17. The average Bonchev–Trinajstić information content (AvgIpc) is 3.34. The molecule has 6 heteroatoms. The molecular weight excluding hydrogens is 318 g/mol. The van der Waals surface area contributed by atoms with E-state index in [4.69, 9.17) is 4.74 Å². The van der Waals surface area contributed by atoms with Crippen molar-refractivity contribution < 1.29 is 14.3 Å². The van der Waals surface area contributed by atoms with Gasteiger partial charge in [0.25, 0.3) is 5.91 Å². The van der Waals surface area contributed by atoms with Crippen molar-refractivity contribution in [2.24, 2.45) is 5.92 Å². The van der Waals surface area contributed by atoms with Crippen LogP contribution in [0.25, 0.3) is 0 Å². The van der Waals surface area contributed by atoms with Gasteiger partial charge in [0.2, 0.25) is 0 Å². The first kappa shape index (κ1) is 17.7. The number of ether oxygens (including phenoxy) is 1. The predicted molar refractivity (Wildman–Crippen MR) is 96.2 cm³/mol. The lowest BCUT2D eigenvalue weighted by molar-refractivity contribution is -0.121. The summed E-state index contributed by atoms with van der Waals surface area (Å²) in [5.41, 5.74) is 1.37. The number of carbonyl (C=O) groups excluding carboxylic acids is 2. The Labute approximate surface area is 148 Å². The minimum atomic E-state index is -0.809. The molecule has 2 N–H and O–H groups in total. The van der Waals surface area contributed by atoms with E-state index in [2.05, 4.69) is 16.7 Å². The fourth-order valence-electron chi connectivity index (χ4n) is 3.17. The number of likely N-dealkylation sites (N-methyl/N-ethyl adjacent to an activating group) is 1. The molecule has 1 aromatic rings. The van der Waals surface area contributed by atoms with Crippen molar-refractivity contribution in [3.8, 4) is 0 Å². The number of carbonyl (C=O) groups is 2. The highest BCUT2D eigenvalue weighted by molar-refractivity contribution is 5.99. The Hall–Kier alpha value is -2.08. The van der Waals surface area contributed by atoms with Gasteiger partial charge < -0.3 is 9.64 Å². The second-order valence-corrected chi connectivity index (χ2v) is 7.93. The zero-order valence-electron chi connectivity index (χ0n) is 15.3. The van der Waals surface area contributed by atoms with Gasteiger partial charge in [0.05, 0.1) is 0 Å². The quantitative estimate of drug-likeness (QED) is 0.884. The maximum atomic E-state index is 12.8. The van der Waals surface area contributed by atoms with Gasteiger partial charge in [0, 0.05) is 18.8 Å². The highest BCUT2D eigenvalue weighted by Crippen LogP contribution is 2.40. The number of benzene rings is 1. The molecule has 2 unspecified atom stereocenters. The number of hydrogen-bond acceptors (Lipinski definition) is 4. The zero-order chi connectivity index (χ0) is 18.2. The number of anilines is 1. The smallest absolute Gasteiger partial charge is 0.409 e. The van der Waals surface area contributed by atoms with E-state index in [1.165, 1.54) is 12.8 Å². The molecule has 2 aliphatic rings. The van der Waals surface area contributed by atoms with Gasteiger partial charge in [-0.1, -0.05) is 31.0 Å². The molecule has 0 radical (unpaired) electrons. The first-order valence-corrected chi connectivity index (χ1v) is 8.86. The Balaban J connectivity index is 1.83. The summed E-state index contributed by atoms with van der Waals surface area (Å²) in [6, 6.07) is 7.94. The highest BCUT2D eigenvalue weighted by Gasteiger charge is 2.36. The molecule has 0 saturated heterocycles. The number of nitrogens with one attached hydrogen (secondary N) is 2. The van der Waals surface area contributed by atoms with Gasteiger partial charge in [-0.25, -0.2) is 4.79 Å². The first-order valence-electron chi connectivity index (χ1n) is 8.86. The molecule has 1 heterocycles. The number of fused-ring (bicyclic) bond motifs is 1. The Morgan fingerprint density at radius 3 is 2.64 bits per heavy atom. The zero-order valence-corrected chi connectivity index (χ0v) is 15.3. The van der Waals surface area contributed by atoms with E-state index in [-0.39, 0.29) is 11.9 Å². The first-order chi connectivity index (χ1) is 11.7. The van der Waals surface area contributed by atoms with E-state index >= 15 is 0 Å². The minimum Gasteiger partial charge on any atom is -0.444 e. The second-order valence-electron chi connectivity index (χ2n) is 7.93. The Morgan fingerprint density at radius 2 is 2.00 bits per heavy atom. The molecule has 2 atom stereocenters. The summed E-state index contributed by atoms with van der Waals surface area (Å²) in [4.78, 5) is 26.6. The number of nitrogens with zero attached hydrogens (tertiary/aromatic N) is 1. The van der Waals surface area contributed by atoms with Crippen LogP contribution < -0.4 is 15.5 Å². The van der Waals surface area contributed by atoms with E-state index in [1.807, 2.05) is 18.2 Å². The van der Waals surface area contributed by atoms with E-state index in [0.29, 0.717) is 5.92 Å². The van der Waals surface area contributed by atoms with Crippen LogP contribution in [0.2, 0.25) is 0 Å². The highest BCUT2D eigenvalue weighted by atomic mass is 16.6. The van der Waals surface area contributed by atoms with Gasteiger partial charge in [-0.05, 0) is 44.7 Å². The van der Waals surface area contributed by atoms with E-state index in [1.54, 1.807) is 32.7 Å². The summed E-state index contributed by atoms with van der Waals surface area (Å²) in [5, 5.41) is 6.03. The molecule has 0 spiro atoms. The summed E-state index contributed by atoms with van der Waals surface area (Å²) in [7, 11) is 1.74. The molecule has 136 valence electrons. The van der Waals surface area contributed by atoms with Crippen molar-refractivity contribution in [1.82, 2.24) is 10.6 Å². The third-order valence-corrected chi connectivity index (χ3v) is 4.55. The lowest BCUT2D eigenvalue weighted by Gasteiger charge is -2.26. The summed E-state index contributed by atoms with van der Waals surface area (Å²) < 4.78 is 5.31. The Bertz CT molecular complexity index is 664. The van der Waals surface area contributed by atoms with Crippen LogP contribution in [0.1, 0.15) is 51.6 Å². The molecule has 1 fully saturated rings. The third kappa shape index (κ3) is 4.31. The van der Waals surface area contributed by atoms with Crippen molar-refractivity contribution in [3.05, 3.63) is 29.8 Å². The average molecular weight is 345 g/mol. The van der Waals surface area contributed by atoms with Gasteiger partial charge >= 0.3 is 6.09 Å². The maximum Gasteiger partial charge on any atom is 0.409 e. The minimum absolute atomic E-state index is 0.0255. The van der Waals surface area contributed by atoms with E-state index in [0.717, 1.165) is 17.7 Å². The van der Waals surface area contributed by atoms with Crippen molar-refractivity contribution in [1.29, 1.82) is 0 Å². The predicted octanol–water partition coefficient (Wildman–Crippen LogP) is 2.94. The number of amides is 2. The van der Waals surface area contributed by atoms with Crippen molar-refractivity contribution >= 4 is 17.7 Å². The standard InChI is InChI=1S/C19H27N3O3/c1-19(2,3)25-18(24)21-16-17(23)22(4)15-8-6-5-7-13(15)14(20-16)11-12-9-10-12/h5-8,12,14,16,20H,9-11H2,1-4H3,(H,21,24). The summed E-state index contributed by atoms with van der Waals surface area (Å²) >= 11 is 0. The molecule has 3 rings (SSSR count). The molecular formula is C19H27N3O3. The molecule has 0 aromatic heterocycles. The largest absolute Gasteiger partial charge is 0.444 e. The van der Waals surface area contributed by atoms with Crippen LogP contribution in [0.4, 0.5) is 10.5 Å². The van der Waals surface area contributed by atoms with Gasteiger partial charge in [-0.15, -0.1) is 0 Å².